The molecule has 0 aliphatic heterocycles. The summed E-state index contributed by atoms with van der Waals surface area (Å²) in [5.74, 6) is -1.41. The average Bonchev–Trinajstić information content (AvgIpc) is 2.41. The van der Waals surface area contributed by atoms with E-state index in [0.29, 0.717) is 11.3 Å². The Morgan fingerprint density at radius 1 is 1.05 bits per heavy atom. The Balaban J connectivity index is 2.47. The molecule has 1 N–H and O–H groups in total. The third-order valence-electron chi connectivity index (χ3n) is 3.10. The average molecular weight is 304 g/mol. The monoisotopic (exact) mass is 304 g/mol. The van der Waals surface area contributed by atoms with Crippen LogP contribution in [0.1, 0.15) is 21.5 Å². The van der Waals surface area contributed by atoms with Gasteiger partial charge in [0.25, 0.3) is 10.0 Å². The Hall–Kier alpha value is -2.34. The number of anilines is 1. The molecule has 0 spiro atoms. The number of carbonyl (C=O) groups excluding carboxylic acids is 1. The van der Waals surface area contributed by atoms with Gasteiger partial charge >= 0.3 is 0 Å². The summed E-state index contributed by atoms with van der Waals surface area (Å²) in [4.78, 5) is 10.8. The second-order valence-corrected chi connectivity index (χ2v) is 6.34. The molecule has 0 fully saturated rings. The van der Waals surface area contributed by atoms with Gasteiger partial charge in [0.2, 0.25) is 0 Å². The molecular weight excluding hydrogens is 290 g/mol. The van der Waals surface area contributed by atoms with Crippen molar-refractivity contribution in [1.29, 1.82) is 0 Å². The van der Waals surface area contributed by atoms with Crippen molar-refractivity contribution in [3.63, 3.8) is 0 Å². The molecule has 0 unspecified atom stereocenters. The number of rotatable bonds is 4. The van der Waals surface area contributed by atoms with Crippen molar-refractivity contribution < 1.29 is 18.3 Å². The Morgan fingerprint density at radius 3 is 2.33 bits per heavy atom. The van der Waals surface area contributed by atoms with Crippen LogP contribution in [0.5, 0.6) is 0 Å². The van der Waals surface area contributed by atoms with Gasteiger partial charge in [0.05, 0.1) is 16.6 Å². The normalized spacial score (nSPS) is 11.1. The molecule has 110 valence electrons. The lowest BCUT2D eigenvalue weighted by Gasteiger charge is -2.13. The van der Waals surface area contributed by atoms with Gasteiger partial charge in [-0.3, -0.25) is 4.72 Å². The summed E-state index contributed by atoms with van der Waals surface area (Å²) in [7, 11) is -3.86. The summed E-state index contributed by atoms with van der Waals surface area (Å²) in [6.07, 6.45) is 0. The first-order valence-electron chi connectivity index (χ1n) is 6.22. The van der Waals surface area contributed by atoms with Crippen molar-refractivity contribution in [2.24, 2.45) is 0 Å². The lowest BCUT2D eigenvalue weighted by molar-refractivity contribution is -0.255. The first-order chi connectivity index (χ1) is 9.81. The molecule has 0 saturated carbocycles. The van der Waals surface area contributed by atoms with Crippen LogP contribution in [0.4, 0.5) is 5.69 Å². The third kappa shape index (κ3) is 3.22. The summed E-state index contributed by atoms with van der Waals surface area (Å²) < 4.78 is 27.3. The van der Waals surface area contributed by atoms with Crippen LogP contribution in [0.25, 0.3) is 0 Å². The molecule has 0 saturated heterocycles. The zero-order chi connectivity index (χ0) is 15.6. The molecule has 0 aromatic heterocycles. The maximum atomic E-state index is 12.4. The van der Waals surface area contributed by atoms with Gasteiger partial charge in [-0.05, 0) is 42.7 Å². The summed E-state index contributed by atoms with van der Waals surface area (Å²) >= 11 is 0. The fourth-order valence-electron chi connectivity index (χ4n) is 1.90. The zero-order valence-corrected chi connectivity index (χ0v) is 12.4. The second-order valence-electron chi connectivity index (χ2n) is 4.69. The Labute approximate surface area is 123 Å². The fourth-order valence-corrected chi connectivity index (χ4v) is 3.31. The molecule has 0 aliphatic rings. The summed E-state index contributed by atoms with van der Waals surface area (Å²) in [5.41, 5.74) is 1.51. The van der Waals surface area contributed by atoms with E-state index in [0.717, 1.165) is 11.6 Å². The van der Waals surface area contributed by atoms with Crippen LogP contribution >= 0.6 is 0 Å². The third-order valence-corrected chi connectivity index (χ3v) is 4.61. The minimum absolute atomic E-state index is 0.0764. The highest BCUT2D eigenvalue weighted by Crippen LogP contribution is 2.22. The molecule has 0 heterocycles. The molecule has 0 radical (unpaired) electrons. The van der Waals surface area contributed by atoms with E-state index in [2.05, 4.69) is 4.72 Å². The van der Waals surface area contributed by atoms with E-state index in [-0.39, 0.29) is 10.5 Å². The molecule has 5 nitrogen and oxygen atoms in total. The van der Waals surface area contributed by atoms with Gasteiger partial charge in [-0.15, -0.1) is 0 Å². The maximum Gasteiger partial charge on any atom is 0.262 e. The summed E-state index contributed by atoms with van der Waals surface area (Å²) in [6, 6.07) is 10.8. The number of hydrogen-bond donors (Lipinski definition) is 1. The van der Waals surface area contributed by atoms with Crippen molar-refractivity contribution in [3.8, 4) is 0 Å². The van der Waals surface area contributed by atoms with Crippen molar-refractivity contribution >= 4 is 21.7 Å². The number of para-hydroxylation sites is 1. The summed E-state index contributed by atoms with van der Waals surface area (Å²) in [6.45, 7) is 3.38. The fraction of sp³-hybridized carbons (Fsp3) is 0.133. The minimum atomic E-state index is -3.86. The largest absolute Gasteiger partial charge is 0.545 e. The van der Waals surface area contributed by atoms with E-state index < -0.39 is 16.0 Å². The van der Waals surface area contributed by atoms with Crippen molar-refractivity contribution in [2.45, 2.75) is 18.7 Å². The number of nitrogens with one attached hydrogen (secondary N) is 1. The van der Waals surface area contributed by atoms with Crippen LogP contribution in [0.3, 0.4) is 0 Å². The molecule has 2 aromatic carbocycles. The van der Waals surface area contributed by atoms with Gasteiger partial charge in [-0.2, -0.15) is 0 Å². The lowest BCUT2D eigenvalue weighted by atomic mass is 10.1. The van der Waals surface area contributed by atoms with Crippen LogP contribution in [0.2, 0.25) is 0 Å². The number of sulfonamides is 1. The number of carboxylic acid groups (broad SMARTS) is 1. The number of aryl methyl sites for hydroxylation is 2. The predicted molar refractivity (Wildman–Crippen MR) is 77.5 cm³/mol. The minimum Gasteiger partial charge on any atom is -0.545 e. The number of benzene rings is 2. The molecule has 21 heavy (non-hydrogen) atoms. The molecule has 6 heteroatoms. The van der Waals surface area contributed by atoms with Gasteiger partial charge in [-0.25, -0.2) is 8.42 Å². The molecule has 2 rings (SSSR count). The SMILES string of the molecule is Cc1ccccc1NS(=O)(=O)c1cc(C(=O)[O-])ccc1C. The Kier molecular flexibility index (Phi) is 3.99. The van der Waals surface area contributed by atoms with Crippen LogP contribution < -0.4 is 9.83 Å². The first-order valence-corrected chi connectivity index (χ1v) is 7.70. The van der Waals surface area contributed by atoms with Gasteiger partial charge in [0, 0.05) is 0 Å². The Morgan fingerprint density at radius 2 is 1.71 bits per heavy atom. The topological polar surface area (TPSA) is 86.3 Å². The summed E-state index contributed by atoms with van der Waals surface area (Å²) in [5, 5.41) is 10.9. The highest BCUT2D eigenvalue weighted by Gasteiger charge is 2.18. The van der Waals surface area contributed by atoms with Gasteiger partial charge in [0.1, 0.15) is 0 Å². The Bertz CT molecular complexity index is 797. The standard InChI is InChI=1S/C15H15NO4S/c1-10-5-3-4-6-13(10)16-21(19,20)14-9-12(15(17)18)8-7-11(14)2/h3-9,16H,1-2H3,(H,17,18)/p-1. The van der Waals surface area contributed by atoms with Crippen LogP contribution in [-0.2, 0) is 10.0 Å². The molecule has 2 aromatic rings. The lowest BCUT2D eigenvalue weighted by Crippen LogP contribution is -2.23. The highest BCUT2D eigenvalue weighted by molar-refractivity contribution is 7.92. The number of hydrogen-bond acceptors (Lipinski definition) is 4. The van der Waals surface area contributed by atoms with E-state index >= 15 is 0 Å². The van der Waals surface area contributed by atoms with Crippen molar-refractivity contribution in [1.82, 2.24) is 0 Å². The van der Waals surface area contributed by atoms with Crippen molar-refractivity contribution in [3.05, 3.63) is 59.2 Å². The van der Waals surface area contributed by atoms with Crippen molar-refractivity contribution in [2.75, 3.05) is 4.72 Å². The molecule has 0 atom stereocenters. The molecule has 0 amide bonds. The van der Waals surface area contributed by atoms with Gasteiger partial charge in [-0.1, -0.05) is 30.3 Å². The van der Waals surface area contributed by atoms with E-state index in [4.69, 9.17) is 0 Å². The van der Waals surface area contributed by atoms with E-state index in [9.17, 15) is 18.3 Å². The van der Waals surface area contributed by atoms with E-state index in [1.807, 2.05) is 0 Å². The van der Waals surface area contributed by atoms with E-state index in [1.54, 1.807) is 38.1 Å². The predicted octanol–water partition coefficient (Wildman–Crippen LogP) is 1.47. The van der Waals surface area contributed by atoms with Crippen LogP contribution in [-0.4, -0.2) is 14.4 Å². The number of carboxylic acids is 1. The quantitative estimate of drug-likeness (QED) is 0.926. The smallest absolute Gasteiger partial charge is 0.262 e. The maximum absolute atomic E-state index is 12.4. The van der Waals surface area contributed by atoms with E-state index in [1.165, 1.54) is 12.1 Å². The highest BCUT2D eigenvalue weighted by atomic mass is 32.2. The second kappa shape index (κ2) is 5.57. The number of aromatic carboxylic acids is 1. The molecule has 0 aliphatic carbocycles. The van der Waals surface area contributed by atoms with Gasteiger partial charge < -0.3 is 9.90 Å². The molecule has 0 bridgehead atoms. The van der Waals surface area contributed by atoms with Crippen LogP contribution in [0.15, 0.2) is 47.4 Å². The first kappa shape index (κ1) is 15.1. The van der Waals surface area contributed by atoms with Gasteiger partial charge in [0.15, 0.2) is 0 Å². The van der Waals surface area contributed by atoms with Crippen LogP contribution in [0, 0.1) is 13.8 Å². The molecular formula is C15H14NO4S-. The number of carbonyl (C=O) groups is 1. The zero-order valence-electron chi connectivity index (χ0n) is 11.6.